The maximum Gasteiger partial charge on any atom is 0.185 e. The smallest absolute Gasteiger partial charge is 0.185 e. The minimum absolute atomic E-state index is 0.117. The molecule has 3 rings (SSSR count). The second kappa shape index (κ2) is 9.39. The van der Waals surface area contributed by atoms with Crippen molar-refractivity contribution in [2.45, 2.75) is 19.3 Å². The van der Waals surface area contributed by atoms with Crippen LogP contribution in [0.2, 0.25) is 0 Å². The lowest BCUT2D eigenvalue weighted by Gasteiger charge is -2.18. The first kappa shape index (κ1) is 21.3. The number of rotatable bonds is 6. The van der Waals surface area contributed by atoms with Crippen LogP contribution in [0.1, 0.15) is 30.4 Å². The van der Waals surface area contributed by atoms with Gasteiger partial charge in [0.2, 0.25) is 0 Å². The average molecular weight is 412 g/mol. The van der Waals surface area contributed by atoms with Crippen molar-refractivity contribution in [2.24, 2.45) is 0 Å². The fourth-order valence-electron chi connectivity index (χ4n) is 3.37. The van der Waals surface area contributed by atoms with Crippen molar-refractivity contribution in [3.05, 3.63) is 82.1 Å². The first-order valence-electron chi connectivity index (χ1n) is 9.45. The molecule has 0 saturated heterocycles. The van der Waals surface area contributed by atoms with E-state index in [9.17, 15) is 18.7 Å². The van der Waals surface area contributed by atoms with Gasteiger partial charge in [0.1, 0.15) is 28.9 Å². The molecule has 0 spiro atoms. The van der Waals surface area contributed by atoms with Crippen molar-refractivity contribution >= 4 is 17.9 Å². The monoisotopic (exact) mass is 412 g/mol. The van der Waals surface area contributed by atoms with Gasteiger partial charge in [-0.15, -0.1) is 0 Å². The number of ether oxygens (including phenoxy) is 2. The molecule has 1 N–H and O–H groups in total. The molecule has 0 radical (unpaired) electrons. The van der Waals surface area contributed by atoms with Gasteiger partial charge in [0.25, 0.3) is 0 Å². The first-order chi connectivity index (χ1) is 14.4. The Morgan fingerprint density at radius 3 is 2.20 bits per heavy atom. The molecular formula is C24H22F2O4. The van der Waals surface area contributed by atoms with Gasteiger partial charge < -0.3 is 14.6 Å². The second-order valence-electron chi connectivity index (χ2n) is 6.82. The number of carbonyl (C=O) groups is 1. The van der Waals surface area contributed by atoms with E-state index in [1.165, 1.54) is 62.8 Å². The van der Waals surface area contributed by atoms with Gasteiger partial charge in [-0.05, 0) is 79.5 Å². The number of ketones is 1. The van der Waals surface area contributed by atoms with E-state index in [4.69, 9.17) is 9.47 Å². The lowest BCUT2D eigenvalue weighted by Crippen LogP contribution is -2.10. The zero-order valence-electron chi connectivity index (χ0n) is 16.7. The van der Waals surface area contributed by atoms with E-state index in [1.807, 2.05) is 0 Å². The van der Waals surface area contributed by atoms with Crippen LogP contribution < -0.4 is 9.47 Å². The summed E-state index contributed by atoms with van der Waals surface area (Å²) in [4.78, 5) is 12.7. The average Bonchev–Trinajstić information content (AvgIpc) is 2.74. The molecule has 156 valence electrons. The summed E-state index contributed by atoms with van der Waals surface area (Å²) in [6.07, 6.45) is 5.98. The third-order valence-corrected chi connectivity index (χ3v) is 4.89. The van der Waals surface area contributed by atoms with Crippen LogP contribution in [0.3, 0.4) is 0 Å². The predicted molar refractivity (Wildman–Crippen MR) is 111 cm³/mol. The zero-order valence-corrected chi connectivity index (χ0v) is 16.7. The molecule has 2 aromatic rings. The normalized spacial score (nSPS) is 15.7. The van der Waals surface area contributed by atoms with Crippen LogP contribution in [-0.4, -0.2) is 25.1 Å². The van der Waals surface area contributed by atoms with E-state index < -0.39 is 11.6 Å². The Hall–Kier alpha value is -3.41. The quantitative estimate of drug-likeness (QED) is 0.624. The Labute approximate surface area is 173 Å². The third kappa shape index (κ3) is 4.76. The molecule has 0 fully saturated rings. The fraction of sp³-hybridized carbons (Fsp3) is 0.208. The number of aliphatic hydroxyl groups is 1. The van der Waals surface area contributed by atoms with Gasteiger partial charge in [-0.2, -0.15) is 0 Å². The number of halogens is 2. The summed E-state index contributed by atoms with van der Waals surface area (Å²) in [6, 6.07) is 8.12. The van der Waals surface area contributed by atoms with Gasteiger partial charge in [0.05, 0.1) is 14.2 Å². The van der Waals surface area contributed by atoms with E-state index in [0.29, 0.717) is 47.5 Å². The molecule has 2 aromatic carbocycles. The Morgan fingerprint density at radius 1 is 0.967 bits per heavy atom. The highest BCUT2D eigenvalue weighted by Gasteiger charge is 2.21. The minimum atomic E-state index is -0.447. The standard InChI is InChI=1S/C24H22F2O4/c1-29-22-10-7-18(25)13-15(22)6-9-21(27)20-5-3-4-16(24(20)28)12-17-14-19(26)8-11-23(17)30-2/h6-14,28H,3-5H2,1-2H3. The molecule has 1 aliphatic rings. The lowest BCUT2D eigenvalue weighted by atomic mass is 9.89. The Balaban J connectivity index is 1.91. The Kier molecular flexibility index (Phi) is 6.67. The summed E-state index contributed by atoms with van der Waals surface area (Å²) in [5.74, 6) is -0.472. The van der Waals surface area contributed by atoms with Crippen molar-refractivity contribution in [3.8, 4) is 11.5 Å². The minimum Gasteiger partial charge on any atom is -0.507 e. The van der Waals surface area contributed by atoms with Gasteiger partial charge in [-0.3, -0.25) is 4.79 Å². The highest BCUT2D eigenvalue weighted by molar-refractivity contribution is 6.07. The number of methoxy groups -OCH3 is 2. The van der Waals surface area contributed by atoms with Crippen molar-refractivity contribution in [1.82, 2.24) is 0 Å². The Morgan fingerprint density at radius 2 is 1.57 bits per heavy atom. The summed E-state index contributed by atoms with van der Waals surface area (Å²) in [5, 5.41) is 10.7. The first-order valence-corrected chi connectivity index (χ1v) is 9.45. The second-order valence-corrected chi connectivity index (χ2v) is 6.82. The SMILES string of the molecule is COc1ccc(F)cc1C=CC(=O)C1=C(O)C(=Cc2cc(F)ccc2OC)CCC1. The molecule has 0 unspecified atom stereocenters. The number of hydrogen-bond donors (Lipinski definition) is 1. The molecule has 30 heavy (non-hydrogen) atoms. The topological polar surface area (TPSA) is 55.8 Å². The van der Waals surface area contributed by atoms with Crippen molar-refractivity contribution < 1.29 is 28.2 Å². The van der Waals surface area contributed by atoms with Crippen LogP contribution >= 0.6 is 0 Å². The summed E-state index contributed by atoms with van der Waals surface area (Å²) in [6.45, 7) is 0. The highest BCUT2D eigenvalue weighted by Crippen LogP contribution is 2.32. The van der Waals surface area contributed by atoms with Crippen LogP contribution in [0.15, 0.2) is 59.4 Å². The summed E-state index contributed by atoms with van der Waals surface area (Å²) >= 11 is 0. The number of aliphatic hydroxyl groups excluding tert-OH is 1. The van der Waals surface area contributed by atoms with Gasteiger partial charge in [0.15, 0.2) is 5.78 Å². The maximum atomic E-state index is 13.6. The highest BCUT2D eigenvalue weighted by atomic mass is 19.1. The largest absolute Gasteiger partial charge is 0.507 e. The molecule has 0 aliphatic heterocycles. The maximum absolute atomic E-state index is 13.6. The molecule has 0 aromatic heterocycles. The number of allylic oxidation sites excluding steroid dienone is 3. The van der Waals surface area contributed by atoms with Crippen LogP contribution in [0, 0.1) is 11.6 Å². The van der Waals surface area contributed by atoms with E-state index in [2.05, 4.69) is 0 Å². The molecule has 0 heterocycles. The van der Waals surface area contributed by atoms with Crippen LogP contribution in [0.4, 0.5) is 8.78 Å². The van der Waals surface area contributed by atoms with Crippen LogP contribution in [0.5, 0.6) is 11.5 Å². The molecule has 0 atom stereocenters. The van der Waals surface area contributed by atoms with Gasteiger partial charge in [-0.1, -0.05) is 0 Å². The molecule has 1 aliphatic carbocycles. The number of hydrogen-bond acceptors (Lipinski definition) is 4. The zero-order chi connectivity index (χ0) is 21.7. The van der Waals surface area contributed by atoms with E-state index in [1.54, 1.807) is 6.08 Å². The van der Waals surface area contributed by atoms with Gasteiger partial charge in [-0.25, -0.2) is 8.78 Å². The molecule has 4 nitrogen and oxygen atoms in total. The fourth-order valence-corrected chi connectivity index (χ4v) is 3.37. The van der Waals surface area contributed by atoms with E-state index in [0.717, 1.165) is 0 Å². The summed E-state index contributed by atoms with van der Waals surface area (Å²) in [7, 11) is 2.94. The van der Waals surface area contributed by atoms with Gasteiger partial charge in [0, 0.05) is 16.7 Å². The molecule has 0 saturated carbocycles. The predicted octanol–water partition coefficient (Wildman–Crippen LogP) is 5.64. The summed E-state index contributed by atoms with van der Waals surface area (Å²) < 4.78 is 37.5. The van der Waals surface area contributed by atoms with E-state index in [-0.39, 0.29) is 17.1 Å². The number of carbonyl (C=O) groups excluding carboxylic acids is 1. The Bertz CT molecular complexity index is 1050. The molecule has 0 bridgehead atoms. The van der Waals surface area contributed by atoms with Crippen LogP contribution in [-0.2, 0) is 4.79 Å². The van der Waals surface area contributed by atoms with Crippen molar-refractivity contribution in [3.63, 3.8) is 0 Å². The molecule has 0 amide bonds. The van der Waals surface area contributed by atoms with Gasteiger partial charge >= 0.3 is 0 Å². The summed E-state index contributed by atoms with van der Waals surface area (Å²) in [5.41, 5.74) is 1.69. The van der Waals surface area contributed by atoms with E-state index >= 15 is 0 Å². The van der Waals surface area contributed by atoms with Crippen molar-refractivity contribution in [2.75, 3.05) is 14.2 Å². The third-order valence-electron chi connectivity index (χ3n) is 4.89. The lowest BCUT2D eigenvalue weighted by molar-refractivity contribution is -0.111. The van der Waals surface area contributed by atoms with Crippen LogP contribution in [0.25, 0.3) is 12.2 Å². The number of benzene rings is 2. The molecular weight excluding hydrogens is 390 g/mol. The van der Waals surface area contributed by atoms with Crippen molar-refractivity contribution in [1.29, 1.82) is 0 Å². The molecule has 6 heteroatoms.